The average molecular weight is 326 g/mol. The highest BCUT2D eigenvalue weighted by Crippen LogP contribution is 2.44. The number of methoxy groups -OCH3 is 1. The lowest BCUT2D eigenvalue weighted by Crippen LogP contribution is -2.49. The first-order chi connectivity index (χ1) is 10.6. The minimum Gasteiger partial charge on any atom is -0.750 e. The van der Waals surface area contributed by atoms with Crippen molar-refractivity contribution in [1.82, 2.24) is 5.32 Å². The molecule has 6 heteroatoms. The summed E-state index contributed by atoms with van der Waals surface area (Å²) in [4.78, 5) is 0. The van der Waals surface area contributed by atoms with Crippen molar-refractivity contribution in [2.75, 3.05) is 13.7 Å². The lowest BCUT2D eigenvalue weighted by molar-refractivity contribution is 0.0843. The third-order valence-corrected chi connectivity index (χ3v) is 4.67. The maximum atomic E-state index is 11.3. The molecule has 2 rings (SSSR count). The number of hydrogen-bond donors (Lipinski definition) is 1. The van der Waals surface area contributed by atoms with Gasteiger partial charge >= 0.3 is 0 Å². The van der Waals surface area contributed by atoms with E-state index in [2.05, 4.69) is 12.2 Å². The van der Waals surface area contributed by atoms with Gasteiger partial charge in [-0.25, -0.2) is 4.21 Å². The van der Waals surface area contributed by atoms with E-state index in [9.17, 15) is 8.76 Å². The fourth-order valence-corrected chi connectivity index (χ4v) is 3.76. The van der Waals surface area contributed by atoms with Crippen molar-refractivity contribution in [3.8, 4) is 5.75 Å². The summed E-state index contributed by atoms with van der Waals surface area (Å²) < 4.78 is 33.3. The largest absolute Gasteiger partial charge is 0.750 e. The zero-order valence-corrected chi connectivity index (χ0v) is 14.0. The molecule has 0 aromatic heterocycles. The van der Waals surface area contributed by atoms with Crippen LogP contribution in [0.25, 0.3) is 0 Å². The average Bonchev–Trinajstić information content (AvgIpc) is 3.00. The van der Waals surface area contributed by atoms with Crippen molar-refractivity contribution in [3.63, 3.8) is 0 Å². The molecule has 1 fully saturated rings. The van der Waals surface area contributed by atoms with E-state index in [1.807, 2.05) is 24.3 Å². The Bertz CT molecular complexity index is 503. The molecule has 0 spiro atoms. The second-order valence-corrected chi connectivity index (χ2v) is 6.31. The van der Waals surface area contributed by atoms with Crippen molar-refractivity contribution in [1.29, 1.82) is 0 Å². The second-order valence-electron chi connectivity index (χ2n) is 5.71. The Labute approximate surface area is 134 Å². The first kappa shape index (κ1) is 17.4. The first-order valence-electron chi connectivity index (χ1n) is 7.77. The topological polar surface area (TPSA) is 70.6 Å². The molecule has 1 aromatic rings. The minimum absolute atomic E-state index is 0.356. The van der Waals surface area contributed by atoms with Crippen LogP contribution in [0.15, 0.2) is 24.3 Å². The lowest BCUT2D eigenvalue weighted by atomic mass is 9.85. The molecule has 1 saturated carbocycles. The van der Waals surface area contributed by atoms with E-state index in [0.717, 1.165) is 44.2 Å². The molecule has 22 heavy (non-hydrogen) atoms. The summed E-state index contributed by atoms with van der Waals surface area (Å²) in [6.07, 6.45) is 4.34. The van der Waals surface area contributed by atoms with Crippen LogP contribution in [0.3, 0.4) is 0 Å². The maximum Gasteiger partial charge on any atom is 0.124 e. The van der Waals surface area contributed by atoms with Gasteiger partial charge in [0.2, 0.25) is 0 Å². The number of benzene rings is 1. The van der Waals surface area contributed by atoms with E-state index in [-0.39, 0.29) is 5.54 Å². The molecule has 2 atom stereocenters. The second kappa shape index (κ2) is 8.06. The highest BCUT2D eigenvalue weighted by molar-refractivity contribution is 7.74. The van der Waals surface area contributed by atoms with Crippen LogP contribution in [0.5, 0.6) is 5.75 Å². The van der Waals surface area contributed by atoms with Gasteiger partial charge in [-0.1, -0.05) is 38.0 Å². The third-order valence-electron chi connectivity index (χ3n) is 4.32. The zero-order chi connectivity index (χ0) is 16.0. The summed E-state index contributed by atoms with van der Waals surface area (Å²) in [6, 6.07) is 7.46. The predicted molar refractivity (Wildman–Crippen MR) is 85.2 cm³/mol. The van der Waals surface area contributed by atoms with Gasteiger partial charge in [0.15, 0.2) is 0 Å². The number of rotatable bonds is 8. The lowest BCUT2D eigenvalue weighted by Gasteiger charge is -2.39. The van der Waals surface area contributed by atoms with Gasteiger partial charge in [0.25, 0.3) is 0 Å². The van der Waals surface area contributed by atoms with Gasteiger partial charge in [-0.2, -0.15) is 0 Å². The minimum atomic E-state index is -2.58. The van der Waals surface area contributed by atoms with E-state index in [4.69, 9.17) is 8.92 Å². The van der Waals surface area contributed by atoms with Crippen LogP contribution < -0.4 is 10.1 Å². The molecular weight excluding hydrogens is 302 g/mol. The van der Waals surface area contributed by atoms with Gasteiger partial charge < -0.3 is 14.6 Å². The Morgan fingerprint density at radius 2 is 2.05 bits per heavy atom. The Balaban J connectivity index is 2.41. The summed E-state index contributed by atoms with van der Waals surface area (Å²) in [5.41, 5.74) is 0.421. The van der Waals surface area contributed by atoms with Crippen LogP contribution in [-0.2, 0) is 15.5 Å². The van der Waals surface area contributed by atoms with Crippen molar-refractivity contribution in [3.05, 3.63) is 29.8 Å². The Morgan fingerprint density at radius 3 is 2.64 bits per heavy atom. The van der Waals surface area contributed by atoms with Crippen LogP contribution in [0.2, 0.25) is 0 Å². The normalized spacial score (nSPS) is 19.8. The fraction of sp³-hybridized carbons (Fsp3) is 0.625. The Kier molecular flexibility index (Phi) is 6.37. The molecule has 0 aliphatic heterocycles. The van der Waals surface area contributed by atoms with Crippen LogP contribution in [0.1, 0.15) is 50.7 Å². The molecular formula is C16H24NO4S-. The first-order valence-corrected chi connectivity index (χ1v) is 8.77. The van der Waals surface area contributed by atoms with Gasteiger partial charge in [-0.05, 0) is 31.9 Å². The number of nitrogens with one attached hydrogen (secondary N) is 1. The zero-order valence-electron chi connectivity index (χ0n) is 13.2. The third kappa shape index (κ3) is 3.87. The highest BCUT2D eigenvalue weighted by Gasteiger charge is 2.44. The number of ether oxygens (including phenoxy) is 1. The quantitative estimate of drug-likeness (QED) is 0.744. The molecule has 1 N–H and O–H groups in total. The molecule has 0 radical (unpaired) electrons. The molecule has 1 aromatic carbocycles. The number of para-hydroxylation sites is 1. The van der Waals surface area contributed by atoms with E-state index in [0.29, 0.717) is 5.75 Å². The Hall–Kier alpha value is -0.950. The summed E-state index contributed by atoms with van der Waals surface area (Å²) >= 11 is -2.58. The summed E-state index contributed by atoms with van der Waals surface area (Å²) in [6.45, 7) is 2.93. The van der Waals surface area contributed by atoms with Gasteiger partial charge in [-0.3, -0.25) is 4.18 Å². The van der Waals surface area contributed by atoms with Gasteiger partial charge in [0.05, 0.1) is 24.0 Å². The maximum absolute atomic E-state index is 11.3. The van der Waals surface area contributed by atoms with Crippen LogP contribution >= 0.6 is 0 Å². The van der Waals surface area contributed by atoms with Crippen LogP contribution in [0.4, 0.5) is 0 Å². The van der Waals surface area contributed by atoms with E-state index in [1.165, 1.54) is 0 Å². The number of hydrogen-bond acceptors (Lipinski definition) is 5. The fourth-order valence-electron chi connectivity index (χ4n) is 3.31. The van der Waals surface area contributed by atoms with Crippen LogP contribution in [-0.4, -0.2) is 28.0 Å². The molecule has 5 nitrogen and oxygen atoms in total. The molecule has 0 heterocycles. The molecule has 0 saturated heterocycles. The Morgan fingerprint density at radius 1 is 1.36 bits per heavy atom. The smallest absolute Gasteiger partial charge is 0.124 e. The molecule has 2 unspecified atom stereocenters. The summed E-state index contributed by atoms with van der Waals surface area (Å²) in [7, 11) is 1.59. The van der Waals surface area contributed by atoms with Crippen molar-refractivity contribution in [2.45, 2.75) is 50.7 Å². The molecule has 0 bridgehead atoms. The predicted octanol–water partition coefficient (Wildman–Crippen LogP) is 2.86. The summed E-state index contributed by atoms with van der Waals surface area (Å²) in [5.74, 6) is 0.655. The van der Waals surface area contributed by atoms with E-state index in [1.54, 1.807) is 7.11 Å². The van der Waals surface area contributed by atoms with Crippen molar-refractivity contribution < 1.29 is 17.7 Å². The molecule has 1 aliphatic carbocycles. The monoisotopic (exact) mass is 326 g/mol. The van der Waals surface area contributed by atoms with Crippen molar-refractivity contribution in [2.24, 2.45) is 0 Å². The standard InChI is InChI=1S/C16H25NO4S/c1-3-12-17-16(10-6-7-11-16)15(21-22(18)19)13-8-4-5-9-14(13)20-2/h4-5,8-9,15,17H,3,6-7,10-12H2,1-2H3,(H,18,19)/p-1. The van der Waals surface area contributed by atoms with Crippen molar-refractivity contribution >= 4 is 11.4 Å². The SMILES string of the molecule is CCCNC1(C(OS(=O)[O-])c2ccccc2OC)CCCC1. The highest BCUT2D eigenvalue weighted by atomic mass is 32.2. The van der Waals surface area contributed by atoms with E-state index < -0.39 is 17.5 Å². The molecule has 1 aliphatic rings. The molecule has 0 amide bonds. The molecule has 124 valence electrons. The van der Waals surface area contributed by atoms with Gasteiger partial charge in [0, 0.05) is 5.56 Å². The van der Waals surface area contributed by atoms with E-state index >= 15 is 0 Å². The van der Waals surface area contributed by atoms with Gasteiger partial charge in [-0.15, -0.1) is 0 Å². The van der Waals surface area contributed by atoms with Crippen LogP contribution in [0, 0.1) is 0 Å². The van der Waals surface area contributed by atoms with Gasteiger partial charge in [0.1, 0.15) is 11.9 Å². The summed E-state index contributed by atoms with van der Waals surface area (Å²) in [5, 5.41) is 3.55.